The van der Waals surface area contributed by atoms with Crippen molar-refractivity contribution in [2.75, 3.05) is 32.8 Å². The molecule has 0 aromatic heterocycles. The van der Waals surface area contributed by atoms with Crippen LogP contribution in [0.15, 0.2) is 23.8 Å². The average molecular weight is 420 g/mol. The molecule has 1 saturated heterocycles. The van der Waals surface area contributed by atoms with E-state index in [1.807, 2.05) is 6.08 Å². The van der Waals surface area contributed by atoms with Crippen molar-refractivity contribution in [1.29, 1.82) is 0 Å². The van der Waals surface area contributed by atoms with E-state index in [0.29, 0.717) is 17.8 Å². The first kappa shape index (κ1) is 24.0. The van der Waals surface area contributed by atoms with Crippen LogP contribution in [0.25, 0.3) is 0 Å². The molecule has 2 fully saturated rings. The van der Waals surface area contributed by atoms with Gasteiger partial charge in [0.15, 0.2) is 0 Å². The van der Waals surface area contributed by atoms with E-state index in [-0.39, 0.29) is 18.1 Å². The van der Waals surface area contributed by atoms with E-state index in [1.165, 1.54) is 45.1 Å². The minimum atomic E-state index is -0.378. The molecule has 0 bridgehead atoms. The third kappa shape index (κ3) is 7.19. The molecule has 2 N–H and O–H groups in total. The Bertz CT molecular complexity index is 554. The standard InChI is InChI=1S/C26H45NO3/c1-3-4-7-20(2)16-23(28)9-10-24-25-18-21(17-22(25)19-26(24)29)8-5-6-11-27-12-14-30-15-13-27/h9-10,17,20,22-26,28-29H,3-8,11-16,18-19H2,1-2H3/b10-9+/t20-,22-,23+,24+,25-,26+/m0/s1. The first-order chi connectivity index (χ1) is 14.6. The normalized spacial score (nSPS) is 31.8. The lowest BCUT2D eigenvalue weighted by atomic mass is 9.88. The van der Waals surface area contributed by atoms with Crippen molar-refractivity contribution < 1.29 is 14.9 Å². The van der Waals surface area contributed by atoms with Crippen LogP contribution in [0.5, 0.6) is 0 Å². The predicted octanol–water partition coefficient (Wildman–Crippen LogP) is 4.57. The topological polar surface area (TPSA) is 52.9 Å². The fourth-order valence-electron chi connectivity index (χ4n) is 5.72. The minimum absolute atomic E-state index is 0.206. The molecule has 6 atom stereocenters. The number of unbranched alkanes of at least 4 members (excludes halogenated alkanes) is 2. The van der Waals surface area contributed by atoms with Gasteiger partial charge < -0.3 is 14.9 Å². The highest BCUT2D eigenvalue weighted by Crippen LogP contribution is 2.48. The third-order valence-corrected chi connectivity index (χ3v) is 7.53. The number of nitrogens with zero attached hydrogens (tertiary/aromatic N) is 1. The van der Waals surface area contributed by atoms with Gasteiger partial charge in [0.25, 0.3) is 0 Å². The summed E-state index contributed by atoms with van der Waals surface area (Å²) in [6, 6.07) is 0. The van der Waals surface area contributed by atoms with Gasteiger partial charge in [-0.3, -0.25) is 4.90 Å². The predicted molar refractivity (Wildman–Crippen MR) is 123 cm³/mol. The minimum Gasteiger partial charge on any atom is -0.392 e. The van der Waals surface area contributed by atoms with Crippen LogP contribution in [-0.4, -0.2) is 60.2 Å². The van der Waals surface area contributed by atoms with Crippen LogP contribution in [0.3, 0.4) is 0 Å². The van der Waals surface area contributed by atoms with Crippen LogP contribution in [0.1, 0.15) is 71.6 Å². The van der Waals surface area contributed by atoms with Gasteiger partial charge in [-0.05, 0) is 62.8 Å². The summed E-state index contributed by atoms with van der Waals surface area (Å²) in [5, 5.41) is 21.0. The molecule has 4 nitrogen and oxygen atoms in total. The van der Waals surface area contributed by atoms with E-state index in [2.05, 4.69) is 30.9 Å². The van der Waals surface area contributed by atoms with Crippen molar-refractivity contribution >= 4 is 0 Å². The molecule has 1 heterocycles. The molecule has 3 aliphatic rings. The summed E-state index contributed by atoms with van der Waals surface area (Å²) >= 11 is 0. The highest BCUT2D eigenvalue weighted by atomic mass is 16.5. The number of ether oxygens (including phenoxy) is 1. The summed E-state index contributed by atoms with van der Waals surface area (Å²) in [5.74, 6) is 1.83. The smallest absolute Gasteiger partial charge is 0.0723 e. The maximum atomic E-state index is 10.6. The monoisotopic (exact) mass is 419 g/mol. The molecule has 0 aromatic carbocycles. The molecular weight excluding hydrogens is 374 g/mol. The molecule has 0 unspecified atom stereocenters. The Labute approximate surface area is 184 Å². The highest BCUT2D eigenvalue weighted by molar-refractivity contribution is 5.21. The lowest BCUT2D eigenvalue weighted by molar-refractivity contribution is 0.0372. The summed E-state index contributed by atoms with van der Waals surface area (Å²) in [6.07, 6.45) is 16.2. The molecule has 4 heteroatoms. The van der Waals surface area contributed by atoms with Gasteiger partial charge in [-0.2, -0.15) is 0 Å². The zero-order chi connectivity index (χ0) is 21.3. The maximum Gasteiger partial charge on any atom is 0.0723 e. The lowest BCUT2D eigenvalue weighted by Gasteiger charge is -2.26. The third-order valence-electron chi connectivity index (χ3n) is 7.53. The number of aliphatic hydroxyl groups excluding tert-OH is 2. The Morgan fingerprint density at radius 1 is 1.23 bits per heavy atom. The van der Waals surface area contributed by atoms with Crippen LogP contribution < -0.4 is 0 Å². The second-order valence-corrected chi connectivity index (χ2v) is 10.1. The lowest BCUT2D eigenvalue weighted by Crippen LogP contribution is -2.36. The fraction of sp³-hybridized carbons (Fsp3) is 0.846. The van der Waals surface area contributed by atoms with Gasteiger partial charge >= 0.3 is 0 Å². The zero-order valence-electron chi connectivity index (χ0n) is 19.3. The first-order valence-electron chi connectivity index (χ1n) is 12.6. The zero-order valence-corrected chi connectivity index (χ0v) is 19.3. The van der Waals surface area contributed by atoms with E-state index in [0.717, 1.165) is 45.6 Å². The number of allylic oxidation sites excluding steroid dienone is 2. The van der Waals surface area contributed by atoms with Gasteiger partial charge in [0.1, 0.15) is 0 Å². The number of hydrogen-bond acceptors (Lipinski definition) is 4. The molecule has 30 heavy (non-hydrogen) atoms. The maximum absolute atomic E-state index is 10.6. The average Bonchev–Trinajstić information content (AvgIpc) is 3.25. The van der Waals surface area contributed by atoms with Gasteiger partial charge in [0.2, 0.25) is 0 Å². The molecule has 1 aliphatic heterocycles. The summed E-state index contributed by atoms with van der Waals surface area (Å²) in [5.41, 5.74) is 1.60. The largest absolute Gasteiger partial charge is 0.392 e. The van der Waals surface area contributed by atoms with Gasteiger partial charge in [-0.25, -0.2) is 0 Å². The Kier molecular flexibility index (Phi) is 9.89. The van der Waals surface area contributed by atoms with Gasteiger partial charge in [0.05, 0.1) is 25.4 Å². The Morgan fingerprint density at radius 2 is 2.03 bits per heavy atom. The van der Waals surface area contributed by atoms with Gasteiger partial charge in [0, 0.05) is 19.0 Å². The number of fused-ring (bicyclic) bond motifs is 1. The van der Waals surface area contributed by atoms with Crippen molar-refractivity contribution in [1.82, 2.24) is 4.90 Å². The van der Waals surface area contributed by atoms with E-state index >= 15 is 0 Å². The quantitative estimate of drug-likeness (QED) is 0.359. The molecule has 0 amide bonds. The van der Waals surface area contributed by atoms with Crippen LogP contribution in [0.2, 0.25) is 0 Å². The van der Waals surface area contributed by atoms with Gasteiger partial charge in [-0.1, -0.05) is 56.9 Å². The number of aliphatic hydroxyl groups is 2. The van der Waals surface area contributed by atoms with Gasteiger partial charge in [-0.15, -0.1) is 0 Å². The van der Waals surface area contributed by atoms with Crippen molar-refractivity contribution in [3.63, 3.8) is 0 Å². The van der Waals surface area contributed by atoms with Crippen molar-refractivity contribution in [2.24, 2.45) is 23.7 Å². The van der Waals surface area contributed by atoms with Crippen molar-refractivity contribution in [3.05, 3.63) is 23.8 Å². The molecule has 0 radical (unpaired) electrons. The van der Waals surface area contributed by atoms with Crippen LogP contribution in [0, 0.1) is 23.7 Å². The fourth-order valence-corrected chi connectivity index (χ4v) is 5.72. The second kappa shape index (κ2) is 12.4. The number of hydrogen-bond donors (Lipinski definition) is 2. The van der Waals surface area contributed by atoms with Crippen LogP contribution >= 0.6 is 0 Å². The molecule has 2 aliphatic carbocycles. The Hall–Kier alpha value is -0.680. The SMILES string of the molecule is CCCC[C@H](C)C[C@H](O)/C=C/[C@@H]1[C@H]2CC(CCCCN3CCOCC3)=C[C@H]2C[C@H]1O. The second-order valence-electron chi connectivity index (χ2n) is 10.1. The van der Waals surface area contributed by atoms with E-state index in [4.69, 9.17) is 4.74 Å². The molecule has 0 aromatic rings. The molecule has 172 valence electrons. The summed E-state index contributed by atoms with van der Waals surface area (Å²) in [7, 11) is 0. The van der Waals surface area contributed by atoms with Crippen molar-refractivity contribution in [3.8, 4) is 0 Å². The van der Waals surface area contributed by atoms with E-state index in [1.54, 1.807) is 5.57 Å². The Morgan fingerprint density at radius 3 is 2.80 bits per heavy atom. The molecular formula is C26H45NO3. The summed E-state index contributed by atoms with van der Waals surface area (Å²) in [6.45, 7) is 9.59. The number of morpholine rings is 1. The van der Waals surface area contributed by atoms with Crippen molar-refractivity contribution in [2.45, 2.75) is 83.8 Å². The van der Waals surface area contributed by atoms with E-state index < -0.39 is 0 Å². The molecule has 0 spiro atoms. The van der Waals surface area contributed by atoms with Crippen LogP contribution in [0.4, 0.5) is 0 Å². The first-order valence-corrected chi connectivity index (χ1v) is 12.6. The highest BCUT2D eigenvalue weighted by Gasteiger charge is 2.43. The molecule has 1 saturated carbocycles. The number of rotatable bonds is 12. The van der Waals surface area contributed by atoms with Crippen LogP contribution in [-0.2, 0) is 4.74 Å². The summed E-state index contributed by atoms with van der Waals surface area (Å²) in [4.78, 5) is 2.52. The van der Waals surface area contributed by atoms with E-state index in [9.17, 15) is 10.2 Å². The Balaban J connectivity index is 1.38. The molecule has 3 rings (SSSR count). The summed E-state index contributed by atoms with van der Waals surface area (Å²) < 4.78 is 5.42.